The summed E-state index contributed by atoms with van der Waals surface area (Å²) >= 11 is 1.25. The number of hydrogen-bond donors (Lipinski definition) is 3. The maximum absolute atomic E-state index is 12.7. The zero-order valence-corrected chi connectivity index (χ0v) is 20.5. The monoisotopic (exact) mass is 483 g/mol. The number of thioether (sulfide) groups is 1. The Morgan fingerprint density at radius 2 is 1.79 bits per heavy atom. The number of para-hydroxylation sites is 1. The molecule has 0 saturated carbocycles. The average Bonchev–Trinajstić information content (AvgIpc) is 3.26. The van der Waals surface area contributed by atoms with E-state index in [0.29, 0.717) is 28.8 Å². The van der Waals surface area contributed by atoms with Crippen molar-refractivity contribution >= 4 is 29.3 Å². The summed E-state index contributed by atoms with van der Waals surface area (Å²) in [4.78, 5) is 25.2. The second kappa shape index (κ2) is 11.7. The van der Waals surface area contributed by atoms with Gasteiger partial charge in [0.2, 0.25) is 5.91 Å². The summed E-state index contributed by atoms with van der Waals surface area (Å²) in [7, 11) is 1.55. The standard InChI is InChI=1S/C24H29N5O4S/c1-5-29-22(19(13-30)25-23(32)17-9-11-18(33-4)12-10-17)27-28-24(29)34-14-20(31)26-21-15(2)7-6-8-16(21)3/h6-12,19,30H,5,13-14H2,1-4H3,(H,25,32)(H,26,31)/t19-/m1/s1. The lowest BCUT2D eigenvalue weighted by molar-refractivity contribution is -0.113. The summed E-state index contributed by atoms with van der Waals surface area (Å²) in [5.41, 5.74) is 3.23. The number of nitrogens with one attached hydrogen (secondary N) is 2. The van der Waals surface area contributed by atoms with Gasteiger partial charge in [0.25, 0.3) is 5.91 Å². The van der Waals surface area contributed by atoms with Crippen molar-refractivity contribution in [2.75, 3.05) is 24.8 Å². The molecule has 0 aliphatic rings. The molecule has 34 heavy (non-hydrogen) atoms. The number of hydrogen-bond acceptors (Lipinski definition) is 7. The molecule has 2 aromatic carbocycles. The molecule has 1 atom stereocenters. The Bertz CT molecular complexity index is 1130. The van der Waals surface area contributed by atoms with Crippen molar-refractivity contribution in [3.8, 4) is 5.75 Å². The maximum Gasteiger partial charge on any atom is 0.251 e. The molecule has 0 bridgehead atoms. The van der Waals surface area contributed by atoms with Gasteiger partial charge in [-0.05, 0) is 56.2 Å². The molecule has 2 amide bonds. The molecule has 3 rings (SSSR count). The van der Waals surface area contributed by atoms with Crippen LogP contribution in [0.1, 0.15) is 40.3 Å². The van der Waals surface area contributed by atoms with Crippen molar-refractivity contribution in [3.05, 3.63) is 65.0 Å². The van der Waals surface area contributed by atoms with Gasteiger partial charge in [0.15, 0.2) is 11.0 Å². The number of aliphatic hydroxyl groups is 1. The molecule has 0 spiro atoms. The Morgan fingerprint density at radius 3 is 2.38 bits per heavy atom. The van der Waals surface area contributed by atoms with E-state index in [9.17, 15) is 14.7 Å². The largest absolute Gasteiger partial charge is 0.497 e. The van der Waals surface area contributed by atoms with E-state index in [1.165, 1.54) is 11.8 Å². The molecule has 0 saturated heterocycles. The van der Waals surface area contributed by atoms with Gasteiger partial charge in [0.05, 0.1) is 19.5 Å². The molecule has 3 aromatic rings. The molecule has 9 nitrogen and oxygen atoms in total. The van der Waals surface area contributed by atoms with Crippen LogP contribution in [0.3, 0.4) is 0 Å². The molecule has 3 N–H and O–H groups in total. The van der Waals surface area contributed by atoms with Crippen molar-refractivity contribution in [1.82, 2.24) is 20.1 Å². The number of amides is 2. The fourth-order valence-corrected chi connectivity index (χ4v) is 4.26. The van der Waals surface area contributed by atoms with Gasteiger partial charge in [0.1, 0.15) is 11.8 Å². The lowest BCUT2D eigenvalue weighted by atomic mass is 10.1. The number of methoxy groups -OCH3 is 1. The summed E-state index contributed by atoms with van der Waals surface area (Å²) in [6.07, 6.45) is 0. The Hall–Kier alpha value is -3.37. The first-order valence-corrected chi connectivity index (χ1v) is 11.8. The van der Waals surface area contributed by atoms with Crippen LogP contribution in [-0.4, -0.2) is 51.2 Å². The van der Waals surface area contributed by atoms with Gasteiger partial charge in [-0.3, -0.25) is 9.59 Å². The first-order chi connectivity index (χ1) is 16.4. The number of nitrogens with zero attached hydrogens (tertiary/aromatic N) is 3. The minimum Gasteiger partial charge on any atom is -0.497 e. The topological polar surface area (TPSA) is 118 Å². The van der Waals surface area contributed by atoms with Crippen molar-refractivity contribution < 1.29 is 19.4 Å². The van der Waals surface area contributed by atoms with Crippen molar-refractivity contribution in [2.45, 2.75) is 38.5 Å². The molecule has 1 aromatic heterocycles. The Labute approximate surface area is 202 Å². The number of anilines is 1. The van der Waals surface area contributed by atoms with E-state index in [0.717, 1.165) is 16.8 Å². The Kier molecular flexibility index (Phi) is 8.67. The third-order valence-corrected chi connectivity index (χ3v) is 6.26. The lowest BCUT2D eigenvalue weighted by Gasteiger charge is -2.17. The first kappa shape index (κ1) is 25.3. The van der Waals surface area contributed by atoms with Gasteiger partial charge in [-0.15, -0.1) is 10.2 Å². The zero-order valence-electron chi connectivity index (χ0n) is 19.7. The third-order valence-electron chi connectivity index (χ3n) is 5.29. The molecule has 0 unspecified atom stereocenters. The lowest BCUT2D eigenvalue weighted by Crippen LogP contribution is -2.32. The summed E-state index contributed by atoms with van der Waals surface area (Å²) in [6.45, 7) is 5.97. The highest BCUT2D eigenvalue weighted by atomic mass is 32.2. The average molecular weight is 484 g/mol. The highest BCUT2D eigenvalue weighted by Gasteiger charge is 2.23. The van der Waals surface area contributed by atoms with E-state index < -0.39 is 6.04 Å². The molecule has 0 radical (unpaired) electrons. The molecule has 0 aliphatic carbocycles. The van der Waals surface area contributed by atoms with Gasteiger partial charge in [0, 0.05) is 17.8 Å². The molecular formula is C24H29N5O4S. The fourth-order valence-electron chi connectivity index (χ4n) is 3.45. The number of aryl methyl sites for hydroxylation is 2. The minimum atomic E-state index is -0.750. The van der Waals surface area contributed by atoms with Gasteiger partial charge in [-0.2, -0.15) is 0 Å². The van der Waals surface area contributed by atoms with Crippen LogP contribution in [0.2, 0.25) is 0 Å². The SMILES string of the molecule is CCn1c(SCC(=O)Nc2c(C)cccc2C)nnc1[C@@H](CO)NC(=O)c1ccc(OC)cc1. The van der Waals surface area contributed by atoms with Gasteiger partial charge in [-0.1, -0.05) is 30.0 Å². The highest BCUT2D eigenvalue weighted by Crippen LogP contribution is 2.23. The van der Waals surface area contributed by atoms with Crippen molar-refractivity contribution in [3.63, 3.8) is 0 Å². The van der Waals surface area contributed by atoms with E-state index in [2.05, 4.69) is 20.8 Å². The molecular weight excluding hydrogens is 454 g/mol. The predicted octanol–water partition coefficient (Wildman–Crippen LogP) is 3.12. The number of aromatic nitrogens is 3. The fraction of sp³-hybridized carbons (Fsp3) is 0.333. The van der Waals surface area contributed by atoms with Crippen molar-refractivity contribution in [2.24, 2.45) is 0 Å². The second-order valence-corrected chi connectivity index (χ2v) is 8.57. The van der Waals surface area contributed by atoms with Gasteiger partial charge in [-0.25, -0.2) is 0 Å². The van der Waals surface area contributed by atoms with E-state index in [4.69, 9.17) is 4.74 Å². The third kappa shape index (κ3) is 5.95. The number of ether oxygens (including phenoxy) is 1. The quantitative estimate of drug-likeness (QED) is 0.379. The number of benzene rings is 2. The van der Waals surface area contributed by atoms with Crippen molar-refractivity contribution in [1.29, 1.82) is 0 Å². The van der Waals surface area contributed by atoms with Gasteiger partial charge >= 0.3 is 0 Å². The number of aliphatic hydroxyl groups excluding tert-OH is 1. The van der Waals surface area contributed by atoms with Crippen LogP contribution in [0.25, 0.3) is 0 Å². The molecule has 0 aliphatic heterocycles. The highest BCUT2D eigenvalue weighted by molar-refractivity contribution is 7.99. The molecule has 10 heteroatoms. The summed E-state index contributed by atoms with van der Waals surface area (Å²) in [5, 5.41) is 24.6. The molecule has 180 valence electrons. The Morgan fingerprint density at radius 1 is 1.12 bits per heavy atom. The van der Waals surface area contributed by atoms with E-state index in [1.54, 1.807) is 35.9 Å². The smallest absolute Gasteiger partial charge is 0.251 e. The summed E-state index contributed by atoms with van der Waals surface area (Å²) in [5.74, 6) is 0.706. The minimum absolute atomic E-state index is 0.147. The number of rotatable bonds is 10. The van der Waals surface area contributed by atoms with Gasteiger partial charge < -0.3 is 25.0 Å². The van der Waals surface area contributed by atoms with E-state index in [1.807, 2.05) is 39.0 Å². The Balaban J connectivity index is 1.68. The van der Waals surface area contributed by atoms with E-state index in [-0.39, 0.29) is 24.2 Å². The summed E-state index contributed by atoms with van der Waals surface area (Å²) in [6, 6.07) is 11.8. The first-order valence-electron chi connectivity index (χ1n) is 10.9. The maximum atomic E-state index is 12.7. The normalized spacial score (nSPS) is 11.7. The van der Waals surface area contributed by atoms with Crippen LogP contribution in [-0.2, 0) is 11.3 Å². The van der Waals surface area contributed by atoms with Crippen LogP contribution < -0.4 is 15.4 Å². The number of carbonyl (C=O) groups is 2. The van der Waals surface area contributed by atoms with Crippen LogP contribution in [0.4, 0.5) is 5.69 Å². The van der Waals surface area contributed by atoms with Crippen LogP contribution in [0, 0.1) is 13.8 Å². The zero-order chi connectivity index (χ0) is 24.7. The molecule has 1 heterocycles. The number of carbonyl (C=O) groups excluding carboxylic acids is 2. The van der Waals surface area contributed by atoms with Crippen LogP contribution >= 0.6 is 11.8 Å². The van der Waals surface area contributed by atoms with Crippen LogP contribution in [0.5, 0.6) is 5.75 Å². The predicted molar refractivity (Wildman–Crippen MR) is 131 cm³/mol. The van der Waals surface area contributed by atoms with Crippen LogP contribution in [0.15, 0.2) is 47.6 Å². The molecule has 0 fully saturated rings. The van der Waals surface area contributed by atoms with E-state index >= 15 is 0 Å². The summed E-state index contributed by atoms with van der Waals surface area (Å²) < 4.78 is 6.90. The second-order valence-electron chi connectivity index (χ2n) is 7.63.